The molecule has 6 nitrogen and oxygen atoms in total. The summed E-state index contributed by atoms with van der Waals surface area (Å²) < 4.78 is 27.4. The summed E-state index contributed by atoms with van der Waals surface area (Å²) in [6.07, 6.45) is 4.87. The van der Waals surface area contributed by atoms with E-state index in [4.69, 9.17) is 11.6 Å². The summed E-state index contributed by atoms with van der Waals surface area (Å²) in [6.45, 7) is 4.41. The number of hydrogen-bond donors (Lipinski definition) is 1. The Morgan fingerprint density at radius 1 is 1.11 bits per heavy atom. The highest BCUT2D eigenvalue weighted by molar-refractivity contribution is 7.89. The van der Waals surface area contributed by atoms with Crippen LogP contribution in [0.15, 0.2) is 23.1 Å². The SMILES string of the molecule is O=C(c1cc(S(=O)(=O)N2CCCCC2)ccc1Cl)N1CCC2(CCNC2)C1. The van der Waals surface area contributed by atoms with Crippen molar-refractivity contribution in [3.63, 3.8) is 0 Å². The number of carbonyl (C=O) groups excluding carboxylic acids is 1. The fourth-order valence-electron chi connectivity index (χ4n) is 4.51. The first-order chi connectivity index (χ1) is 12.9. The molecule has 0 aromatic heterocycles. The Bertz CT molecular complexity index is 831. The molecule has 8 heteroatoms. The fourth-order valence-corrected chi connectivity index (χ4v) is 6.25. The van der Waals surface area contributed by atoms with E-state index < -0.39 is 10.0 Å². The van der Waals surface area contributed by atoms with Crippen LogP contribution in [0.2, 0.25) is 5.02 Å². The van der Waals surface area contributed by atoms with Crippen LogP contribution in [0.1, 0.15) is 42.5 Å². The van der Waals surface area contributed by atoms with Crippen LogP contribution in [-0.4, -0.2) is 62.8 Å². The average Bonchev–Trinajstić information content (AvgIpc) is 3.32. The molecule has 148 valence electrons. The van der Waals surface area contributed by atoms with Gasteiger partial charge in [0.05, 0.1) is 15.5 Å². The molecular weight excluding hydrogens is 386 g/mol. The minimum atomic E-state index is -3.59. The van der Waals surface area contributed by atoms with Gasteiger partial charge in [-0.15, -0.1) is 0 Å². The number of nitrogens with zero attached hydrogens (tertiary/aromatic N) is 2. The van der Waals surface area contributed by atoms with Gasteiger partial charge in [0.25, 0.3) is 5.91 Å². The third kappa shape index (κ3) is 3.62. The highest BCUT2D eigenvalue weighted by Crippen LogP contribution is 2.37. The largest absolute Gasteiger partial charge is 0.338 e. The molecule has 0 aliphatic carbocycles. The molecule has 3 aliphatic rings. The minimum absolute atomic E-state index is 0.161. The number of hydrogen-bond acceptors (Lipinski definition) is 4. The van der Waals surface area contributed by atoms with Gasteiger partial charge in [-0.05, 0) is 50.4 Å². The summed E-state index contributed by atoms with van der Waals surface area (Å²) in [6, 6.07) is 4.51. The number of sulfonamides is 1. The monoisotopic (exact) mass is 411 g/mol. The molecule has 0 saturated carbocycles. The maximum Gasteiger partial charge on any atom is 0.255 e. The molecule has 0 bridgehead atoms. The summed E-state index contributed by atoms with van der Waals surface area (Å²) in [7, 11) is -3.59. The second kappa shape index (κ2) is 7.35. The first kappa shape index (κ1) is 19.2. The van der Waals surface area contributed by atoms with Crippen LogP contribution in [0.5, 0.6) is 0 Å². The summed E-state index contributed by atoms with van der Waals surface area (Å²) in [5, 5.41) is 3.69. The Morgan fingerprint density at radius 2 is 1.89 bits per heavy atom. The van der Waals surface area contributed by atoms with Crippen molar-refractivity contribution in [1.29, 1.82) is 0 Å². The third-order valence-electron chi connectivity index (χ3n) is 6.18. The number of amides is 1. The van der Waals surface area contributed by atoms with Gasteiger partial charge in [-0.1, -0.05) is 18.0 Å². The van der Waals surface area contributed by atoms with Crippen molar-refractivity contribution >= 4 is 27.5 Å². The molecule has 3 heterocycles. The van der Waals surface area contributed by atoms with E-state index in [1.165, 1.54) is 22.5 Å². The minimum Gasteiger partial charge on any atom is -0.338 e. The topological polar surface area (TPSA) is 69.7 Å². The first-order valence-electron chi connectivity index (χ1n) is 9.71. The van der Waals surface area contributed by atoms with Gasteiger partial charge < -0.3 is 10.2 Å². The van der Waals surface area contributed by atoms with Gasteiger partial charge in [-0.2, -0.15) is 4.31 Å². The highest BCUT2D eigenvalue weighted by atomic mass is 35.5. The number of benzene rings is 1. The lowest BCUT2D eigenvalue weighted by molar-refractivity contribution is 0.0775. The zero-order valence-electron chi connectivity index (χ0n) is 15.4. The molecule has 3 saturated heterocycles. The smallest absolute Gasteiger partial charge is 0.255 e. The van der Waals surface area contributed by atoms with E-state index in [1.807, 2.05) is 4.90 Å². The summed E-state index contributed by atoms with van der Waals surface area (Å²) in [5.41, 5.74) is 0.456. The van der Waals surface area contributed by atoms with Gasteiger partial charge >= 0.3 is 0 Å². The molecule has 3 aliphatic heterocycles. The summed E-state index contributed by atoms with van der Waals surface area (Å²) >= 11 is 6.29. The molecule has 4 rings (SSSR count). The summed E-state index contributed by atoms with van der Waals surface area (Å²) in [5.74, 6) is -0.167. The Labute approximate surface area is 165 Å². The molecule has 0 radical (unpaired) electrons. The zero-order valence-corrected chi connectivity index (χ0v) is 17.0. The second-order valence-electron chi connectivity index (χ2n) is 8.01. The van der Waals surface area contributed by atoms with Crippen molar-refractivity contribution in [1.82, 2.24) is 14.5 Å². The van der Waals surface area contributed by atoms with Crippen LogP contribution < -0.4 is 5.32 Å². The normalized spacial score (nSPS) is 26.8. The Kier molecular flexibility index (Phi) is 5.22. The van der Waals surface area contributed by atoms with Crippen LogP contribution >= 0.6 is 11.6 Å². The van der Waals surface area contributed by atoms with Crippen LogP contribution in [0.3, 0.4) is 0 Å². The number of piperidine rings is 1. The van der Waals surface area contributed by atoms with Gasteiger partial charge in [0.2, 0.25) is 10.0 Å². The lowest BCUT2D eigenvalue weighted by atomic mass is 9.86. The van der Waals surface area contributed by atoms with Crippen molar-refractivity contribution in [3.8, 4) is 0 Å². The number of carbonyl (C=O) groups is 1. The van der Waals surface area contributed by atoms with Crippen molar-refractivity contribution in [3.05, 3.63) is 28.8 Å². The van der Waals surface area contributed by atoms with Crippen molar-refractivity contribution in [2.24, 2.45) is 5.41 Å². The van der Waals surface area contributed by atoms with Gasteiger partial charge in [-0.3, -0.25) is 4.79 Å². The van der Waals surface area contributed by atoms with Gasteiger partial charge in [0, 0.05) is 38.1 Å². The lowest BCUT2D eigenvalue weighted by Crippen LogP contribution is -2.36. The van der Waals surface area contributed by atoms with Crippen molar-refractivity contribution in [2.45, 2.75) is 37.0 Å². The fraction of sp³-hybridized carbons (Fsp3) is 0.632. The van der Waals surface area contributed by atoms with E-state index in [1.54, 1.807) is 0 Å². The average molecular weight is 412 g/mol. The van der Waals surface area contributed by atoms with Crippen LogP contribution in [0, 0.1) is 5.41 Å². The van der Waals surface area contributed by atoms with Gasteiger partial charge in [0.15, 0.2) is 0 Å². The molecule has 1 N–H and O–H groups in total. The molecule has 1 spiro atoms. The first-order valence-corrected chi connectivity index (χ1v) is 11.5. The third-order valence-corrected chi connectivity index (χ3v) is 8.40. The maximum atomic E-state index is 13.1. The van der Waals surface area contributed by atoms with E-state index >= 15 is 0 Å². The predicted octanol–water partition coefficient (Wildman–Crippen LogP) is 2.34. The van der Waals surface area contributed by atoms with Crippen LogP contribution in [0.4, 0.5) is 0 Å². The Hall–Kier alpha value is -1.15. The summed E-state index contributed by atoms with van der Waals surface area (Å²) in [4.78, 5) is 15.1. The lowest BCUT2D eigenvalue weighted by Gasteiger charge is -2.26. The van der Waals surface area contributed by atoms with Crippen LogP contribution in [-0.2, 0) is 10.0 Å². The number of nitrogens with one attached hydrogen (secondary N) is 1. The number of rotatable bonds is 3. The van der Waals surface area contributed by atoms with E-state index in [-0.39, 0.29) is 21.8 Å². The second-order valence-corrected chi connectivity index (χ2v) is 10.4. The van der Waals surface area contributed by atoms with Gasteiger partial charge in [0.1, 0.15) is 0 Å². The standard InChI is InChI=1S/C19H26ClN3O3S/c20-17-5-4-15(27(25,26)23-9-2-1-3-10-23)12-16(17)18(24)22-11-7-19(14-22)6-8-21-13-19/h4-5,12,21H,1-3,6-11,13-14H2. The zero-order chi connectivity index (χ0) is 19.1. The predicted molar refractivity (Wildman–Crippen MR) is 105 cm³/mol. The van der Waals surface area contributed by atoms with E-state index in [0.29, 0.717) is 31.2 Å². The van der Waals surface area contributed by atoms with Crippen molar-refractivity contribution in [2.75, 3.05) is 39.3 Å². The molecule has 3 fully saturated rings. The van der Waals surface area contributed by atoms with Crippen molar-refractivity contribution < 1.29 is 13.2 Å². The molecular formula is C19H26ClN3O3S. The molecule has 1 unspecified atom stereocenters. The Balaban J connectivity index is 1.58. The van der Waals surface area contributed by atoms with E-state index in [9.17, 15) is 13.2 Å². The van der Waals surface area contributed by atoms with Crippen LogP contribution in [0.25, 0.3) is 0 Å². The molecule has 1 atom stereocenters. The molecule has 1 amide bonds. The quantitative estimate of drug-likeness (QED) is 0.828. The Morgan fingerprint density at radius 3 is 2.59 bits per heavy atom. The van der Waals surface area contributed by atoms with E-state index in [0.717, 1.165) is 45.2 Å². The number of halogens is 1. The maximum absolute atomic E-state index is 13.1. The van der Waals surface area contributed by atoms with E-state index in [2.05, 4.69) is 5.32 Å². The molecule has 27 heavy (non-hydrogen) atoms. The highest BCUT2D eigenvalue weighted by Gasteiger charge is 2.42. The number of likely N-dealkylation sites (tertiary alicyclic amines) is 1. The van der Waals surface area contributed by atoms with Gasteiger partial charge in [-0.25, -0.2) is 8.42 Å². The molecule has 1 aromatic carbocycles. The molecule has 1 aromatic rings.